The molecule has 3 heterocycles. The van der Waals surface area contributed by atoms with E-state index in [0.717, 1.165) is 55.6 Å². The van der Waals surface area contributed by atoms with Crippen LogP contribution >= 0.6 is 11.3 Å². The van der Waals surface area contributed by atoms with Crippen molar-refractivity contribution < 1.29 is 33.0 Å². The Hall–Kier alpha value is -4.24. The number of carbonyl (C=O) groups excluding carboxylic acids is 2. The van der Waals surface area contributed by atoms with Crippen LogP contribution in [0.15, 0.2) is 36.5 Å². The molecular formula is C33H45F2N7O5S. The second kappa shape index (κ2) is 16.7. The van der Waals surface area contributed by atoms with Crippen molar-refractivity contribution in [1.82, 2.24) is 20.1 Å². The zero-order chi connectivity index (χ0) is 34.8. The Morgan fingerprint density at radius 2 is 1.98 bits per heavy atom. The number of amides is 2. The van der Waals surface area contributed by atoms with Crippen LogP contribution in [-0.2, 0) is 16.5 Å². The largest absolute Gasteiger partial charge is 0.450 e. The van der Waals surface area contributed by atoms with Gasteiger partial charge in [0.1, 0.15) is 38.8 Å². The molecule has 2 amide bonds. The Bertz CT molecular complexity index is 1570. The van der Waals surface area contributed by atoms with Crippen LogP contribution in [0, 0.1) is 11.6 Å². The Kier molecular flexibility index (Phi) is 12.8. The number of ether oxygens (including phenoxy) is 2. The number of aliphatic hydroxyl groups is 1. The third-order valence-corrected chi connectivity index (χ3v) is 8.49. The lowest BCUT2D eigenvalue weighted by molar-refractivity contribution is 0.0636. The van der Waals surface area contributed by atoms with Gasteiger partial charge in [0.05, 0.1) is 18.5 Å². The number of unbranched alkanes of at least 4 members (excludes halogenated alkanes) is 2. The van der Waals surface area contributed by atoms with Gasteiger partial charge in [-0.3, -0.25) is 10.00 Å². The van der Waals surface area contributed by atoms with Gasteiger partial charge in [0.2, 0.25) is 0 Å². The highest BCUT2D eigenvalue weighted by molar-refractivity contribution is 7.19. The molecule has 4 N–H and O–H groups in total. The molecule has 262 valence electrons. The van der Waals surface area contributed by atoms with Gasteiger partial charge in [-0.05, 0) is 78.4 Å². The summed E-state index contributed by atoms with van der Waals surface area (Å²) in [6.07, 6.45) is 8.00. The molecule has 0 saturated carbocycles. The molecule has 1 saturated heterocycles. The van der Waals surface area contributed by atoms with Gasteiger partial charge in [-0.2, -0.15) is 5.10 Å². The summed E-state index contributed by atoms with van der Waals surface area (Å²) in [6, 6.07) is 3.04. The number of nitrogens with one attached hydrogen (secondary N) is 3. The minimum atomic E-state index is -1.46. The smallest absolute Gasteiger partial charge is 0.412 e. The minimum absolute atomic E-state index is 0.00941. The highest BCUT2D eigenvalue weighted by Gasteiger charge is 2.28. The predicted molar refractivity (Wildman–Crippen MR) is 182 cm³/mol. The molecule has 4 rings (SSSR count). The lowest BCUT2D eigenvalue weighted by atomic mass is 10.1. The molecule has 2 atom stereocenters. The number of rotatable bonds is 12. The number of hydrogen-bond donors (Lipinski definition) is 4. The Labute approximate surface area is 283 Å². The Balaban J connectivity index is 1.46. The quantitative estimate of drug-likeness (QED) is 0.0890. The number of hydrogen-bond acceptors (Lipinski definition) is 10. The molecule has 48 heavy (non-hydrogen) atoms. The first kappa shape index (κ1) is 36.6. The molecule has 15 heteroatoms. The molecular weight excluding hydrogens is 644 g/mol. The van der Waals surface area contributed by atoms with E-state index in [0.29, 0.717) is 37.6 Å². The van der Waals surface area contributed by atoms with Crippen molar-refractivity contribution in [2.75, 3.05) is 35.2 Å². The van der Waals surface area contributed by atoms with Crippen molar-refractivity contribution in [3.8, 4) is 10.6 Å². The van der Waals surface area contributed by atoms with Crippen molar-refractivity contribution in [3.63, 3.8) is 0 Å². The molecule has 2 unspecified atom stereocenters. The summed E-state index contributed by atoms with van der Waals surface area (Å²) in [5, 5.41) is 24.7. The fraction of sp³-hybridized carbons (Fsp3) is 0.515. The average molecular weight is 690 g/mol. The van der Waals surface area contributed by atoms with Gasteiger partial charge >= 0.3 is 12.2 Å². The van der Waals surface area contributed by atoms with Crippen LogP contribution in [0.3, 0.4) is 0 Å². The van der Waals surface area contributed by atoms with Gasteiger partial charge in [0.25, 0.3) is 0 Å². The number of benzene rings is 1. The first-order chi connectivity index (χ1) is 22.8. The number of carbonyl (C=O) groups is 2. The van der Waals surface area contributed by atoms with Gasteiger partial charge in [0.15, 0.2) is 6.23 Å². The van der Waals surface area contributed by atoms with E-state index in [9.17, 15) is 23.5 Å². The summed E-state index contributed by atoms with van der Waals surface area (Å²) in [5.74, 6) is -0.869. The molecule has 2 aromatic heterocycles. The third kappa shape index (κ3) is 10.4. The fourth-order valence-electron chi connectivity index (χ4n) is 5.26. The number of halogens is 2. The average Bonchev–Trinajstić information content (AvgIpc) is 3.49. The summed E-state index contributed by atoms with van der Waals surface area (Å²) < 4.78 is 40.7. The van der Waals surface area contributed by atoms with Gasteiger partial charge in [-0.15, -0.1) is 0 Å². The lowest BCUT2D eigenvalue weighted by Crippen LogP contribution is -2.36. The fourth-order valence-corrected chi connectivity index (χ4v) is 6.27. The SMILES string of the molecule is CC=CCCCCOC(=O)NC1CCCN(c2c(NC(O)c3nc(-c4ccc(F)cc4F)sc3NC(=O)OC(C)(C)C)cnn2C)CC1. The standard InChI is InChI=1S/C33H45F2N7O5S/c1-6-7-8-9-10-18-46-31(44)37-22-12-11-16-42(17-15-22)30-25(20-36-41(30)5)38-27(43)26-29(40-32(45)47-33(2,3)4)48-28(39-26)23-14-13-21(34)19-24(23)35/h6-7,13-14,19-20,22,27,38,43H,8-12,15-18H2,1-5H3,(H,37,44)(H,40,45). The summed E-state index contributed by atoms with van der Waals surface area (Å²) in [6.45, 7) is 8.77. The summed E-state index contributed by atoms with van der Waals surface area (Å²) in [7, 11) is 1.79. The van der Waals surface area contributed by atoms with E-state index in [1.54, 1.807) is 38.7 Å². The molecule has 1 fully saturated rings. The van der Waals surface area contributed by atoms with Crippen molar-refractivity contribution in [2.24, 2.45) is 7.05 Å². The number of aromatic nitrogens is 3. The molecule has 1 aliphatic heterocycles. The van der Waals surface area contributed by atoms with Crippen LogP contribution in [0.25, 0.3) is 10.6 Å². The molecule has 0 bridgehead atoms. The molecule has 1 aromatic carbocycles. The van der Waals surface area contributed by atoms with Crippen LogP contribution in [0.4, 0.5) is 34.9 Å². The maximum absolute atomic E-state index is 14.7. The number of aliphatic hydroxyl groups excluding tert-OH is 1. The van der Waals surface area contributed by atoms with Gasteiger partial charge < -0.3 is 30.1 Å². The molecule has 12 nitrogen and oxygen atoms in total. The maximum Gasteiger partial charge on any atom is 0.412 e. The van der Waals surface area contributed by atoms with E-state index in [1.807, 2.05) is 13.0 Å². The summed E-state index contributed by atoms with van der Waals surface area (Å²) in [5.41, 5.74) is -0.273. The topological polar surface area (TPSA) is 143 Å². The normalized spacial score (nSPS) is 16.0. The second-order valence-electron chi connectivity index (χ2n) is 12.5. The van der Waals surface area contributed by atoms with Crippen molar-refractivity contribution >= 4 is 40.0 Å². The second-order valence-corrected chi connectivity index (χ2v) is 13.5. The lowest BCUT2D eigenvalue weighted by Gasteiger charge is -2.25. The third-order valence-electron chi connectivity index (χ3n) is 7.47. The number of alkyl carbamates (subject to hydrolysis) is 1. The predicted octanol–water partition coefficient (Wildman–Crippen LogP) is 7.10. The molecule has 1 aliphatic rings. The highest BCUT2D eigenvalue weighted by atomic mass is 32.1. The Morgan fingerprint density at radius 3 is 2.71 bits per heavy atom. The summed E-state index contributed by atoms with van der Waals surface area (Å²) >= 11 is 0.916. The number of allylic oxidation sites excluding steroid dienone is 2. The van der Waals surface area contributed by atoms with Crippen LogP contribution in [0.1, 0.15) is 78.1 Å². The van der Waals surface area contributed by atoms with E-state index >= 15 is 0 Å². The van der Waals surface area contributed by atoms with E-state index in [1.165, 1.54) is 6.07 Å². The monoisotopic (exact) mass is 689 g/mol. The van der Waals surface area contributed by atoms with E-state index in [-0.39, 0.29) is 27.3 Å². The van der Waals surface area contributed by atoms with Crippen molar-refractivity contribution in [3.05, 3.63) is 53.9 Å². The highest BCUT2D eigenvalue weighted by Crippen LogP contribution is 2.38. The molecule has 0 radical (unpaired) electrons. The van der Waals surface area contributed by atoms with E-state index in [4.69, 9.17) is 9.47 Å². The first-order valence-corrected chi connectivity index (χ1v) is 16.9. The van der Waals surface area contributed by atoms with Crippen LogP contribution in [0.5, 0.6) is 0 Å². The maximum atomic E-state index is 14.7. The van der Waals surface area contributed by atoms with Crippen LogP contribution in [-0.4, -0.2) is 63.4 Å². The zero-order valence-electron chi connectivity index (χ0n) is 28.0. The van der Waals surface area contributed by atoms with Gasteiger partial charge in [-0.1, -0.05) is 23.5 Å². The van der Waals surface area contributed by atoms with Crippen molar-refractivity contribution in [1.29, 1.82) is 0 Å². The van der Waals surface area contributed by atoms with Crippen LogP contribution in [0.2, 0.25) is 0 Å². The Morgan fingerprint density at radius 1 is 1.19 bits per heavy atom. The number of anilines is 3. The molecule has 0 aliphatic carbocycles. The molecule has 3 aromatic rings. The zero-order valence-corrected chi connectivity index (χ0v) is 28.8. The minimum Gasteiger partial charge on any atom is -0.450 e. The number of aryl methyl sites for hydroxylation is 1. The first-order valence-electron chi connectivity index (χ1n) is 16.1. The number of thiazole rings is 1. The van der Waals surface area contributed by atoms with Crippen molar-refractivity contribution in [2.45, 2.75) is 84.1 Å². The van der Waals surface area contributed by atoms with Gasteiger partial charge in [0, 0.05) is 37.8 Å². The van der Waals surface area contributed by atoms with Crippen LogP contribution < -0.4 is 20.9 Å². The van der Waals surface area contributed by atoms with E-state index < -0.39 is 35.6 Å². The van der Waals surface area contributed by atoms with E-state index in [2.05, 4.69) is 37.0 Å². The molecule has 0 spiro atoms. The summed E-state index contributed by atoms with van der Waals surface area (Å²) in [4.78, 5) is 31.6. The van der Waals surface area contributed by atoms with Gasteiger partial charge in [-0.25, -0.2) is 23.4 Å². The number of nitrogens with zero attached hydrogens (tertiary/aromatic N) is 4.